The molecule has 3 aromatic rings. The highest BCUT2D eigenvalue weighted by Gasteiger charge is 2.40. The van der Waals surface area contributed by atoms with Gasteiger partial charge in [-0.25, -0.2) is 0 Å². The second-order valence-corrected chi connectivity index (χ2v) is 10.4. The molecule has 2 aromatic carbocycles. The van der Waals surface area contributed by atoms with Gasteiger partial charge in [0.1, 0.15) is 0 Å². The highest BCUT2D eigenvalue weighted by molar-refractivity contribution is 5.81. The lowest BCUT2D eigenvalue weighted by molar-refractivity contribution is -0.140. The van der Waals surface area contributed by atoms with Crippen molar-refractivity contribution in [1.29, 1.82) is 0 Å². The minimum atomic E-state index is -4.77. The van der Waals surface area contributed by atoms with Gasteiger partial charge in [-0.2, -0.15) is 26.3 Å². The number of halogens is 6. The third kappa shape index (κ3) is 7.11. The predicted octanol–water partition coefficient (Wildman–Crippen LogP) is 8.32. The molecule has 1 unspecified atom stereocenters. The number of amides is 1. The van der Waals surface area contributed by atoms with Crippen LogP contribution in [0.3, 0.4) is 0 Å². The van der Waals surface area contributed by atoms with Crippen molar-refractivity contribution in [2.45, 2.75) is 65.0 Å². The van der Waals surface area contributed by atoms with E-state index in [0.717, 1.165) is 23.8 Å². The van der Waals surface area contributed by atoms with E-state index in [1.165, 1.54) is 29.2 Å². The maximum absolute atomic E-state index is 14.1. The number of hydrogen-bond donors (Lipinski definition) is 0. The zero-order valence-electron chi connectivity index (χ0n) is 22.4. The van der Waals surface area contributed by atoms with E-state index < -0.39 is 23.8 Å². The van der Waals surface area contributed by atoms with Gasteiger partial charge in [-0.15, -0.1) is 0 Å². The number of rotatable bonds is 8. The fourth-order valence-electron chi connectivity index (χ4n) is 4.66. The first kappa shape index (κ1) is 29.4. The fourth-order valence-corrected chi connectivity index (χ4v) is 4.66. The molecule has 0 aliphatic heterocycles. The molecule has 3 nitrogen and oxygen atoms in total. The van der Waals surface area contributed by atoms with Crippen LogP contribution in [0.15, 0.2) is 60.8 Å². The van der Waals surface area contributed by atoms with E-state index in [-0.39, 0.29) is 41.6 Å². The molecule has 1 aliphatic carbocycles. The molecule has 0 spiro atoms. The molecule has 1 heterocycles. The Morgan fingerprint density at radius 1 is 0.975 bits per heavy atom. The van der Waals surface area contributed by atoms with E-state index in [2.05, 4.69) is 4.98 Å². The standard InChI is InChI=1S/C31H30F6N2O/c1-19-14-25(15-20(2)21(19)3)27(30(32,33)34)12-8-22-7-9-24(28(16-22)31(35,36)37)17-39(29(40)23-10-11-23)18-26-6-4-5-13-38-26/h4-9,12-16,23,27H,10-11,17-18H2,1-3H3/b12-8+. The Balaban J connectivity index is 1.66. The third-order valence-electron chi connectivity index (χ3n) is 7.26. The summed E-state index contributed by atoms with van der Waals surface area (Å²) < 4.78 is 84.4. The minimum absolute atomic E-state index is 0.0179. The molecule has 0 saturated heterocycles. The maximum atomic E-state index is 14.1. The molecule has 1 aromatic heterocycles. The number of pyridine rings is 1. The first-order valence-corrected chi connectivity index (χ1v) is 13.0. The number of carbonyl (C=O) groups is 1. The zero-order chi connectivity index (χ0) is 29.2. The van der Waals surface area contributed by atoms with E-state index in [0.29, 0.717) is 29.7 Å². The number of nitrogens with zero attached hydrogens (tertiary/aromatic N) is 2. The Labute approximate surface area is 229 Å². The molecule has 4 rings (SSSR count). The Bertz CT molecular complexity index is 1370. The molecular weight excluding hydrogens is 530 g/mol. The van der Waals surface area contributed by atoms with Crippen LogP contribution in [0.4, 0.5) is 26.3 Å². The molecule has 9 heteroatoms. The van der Waals surface area contributed by atoms with Gasteiger partial charge in [0.05, 0.1) is 23.7 Å². The summed E-state index contributed by atoms with van der Waals surface area (Å²) in [6.07, 6.45) is -4.52. The largest absolute Gasteiger partial charge is 0.416 e. The maximum Gasteiger partial charge on any atom is 0.416 e. The van der Waals surface area contributed by atoms with E-state index in [9.17, 15) is 31.1 Å². The Morgan fingerprint density at radius 3 is 2.20 bits per heavy atom. The fraction of sp³-hybridized carbons (Fsp3) is 0.355. The number of allylic oxidation sites excluding steroid dienone is 1. The Morgan fingerprint density at radius 2 is 1.65 bits per heavy atom. The molecule has 1 saturated carbocycles. The van der Waals surface area contributed by atoms with Crippen molar-refractivity contribution in [3.8, 4) is 0 Å². The lowest BCUT2D eigenvalue weighted by Gasteiger charge is -2.25. The van der Waals surface area contributed by atoms with Gasteiger partial charge in [0.2, 0.25) is 5.91 Å². The van der Waals surface area contributed by atoms with Crippen LogP contribution in [0.5, 0.6) is 0 Å². The van der Waals surface area contributed by atoms with Crippen molar-refractivity contribution >= 4 is 12.0 Å². The van der Waals surface area contributed by atoms with Crippen LogP contribution >= 0.6 is 0 Å². The molecule has 1 amide bonds. The first-order chi connectivity index (χ1) is 18.7. The number of aromatic nitrogens is 1. The summed E-state index contributed by atoms with van der Waals surface area (Å²) in [6.45, 7) is 5.03. The van der Waals surface area contributed by atoms with Crippen molar-refractivity contribution < 1.29 is 31.1 Å². The Hall–Kier alpha value is -3.62. The molecule has 40 heavy (non-hydrogen) atoms. The predicted molar refractivity (Wildman–Crippen MR) is 141 cm³/mol. The summed E-state index contributed by atoms with van der Waals surface area (Å²) in [5.41, 5.74) is 1.73. The number of benzene rings is 2. The Kier molecular flexibility index (Phi) is 8.42. The molecule has 0 N–H and O–H groups in total. The van der Waals surface area contributed by atoms with Crippen LogP contribution in [0.25, 0.3) is 6.08 Å². The molecule has 1 aliphatic rings. The van der Waals surface area contributed by atoms with E-state index in [1.807, 2.05) is 6.92 Å². The van der Waals surface area contributed by atoms with Crippen LogP contribution in [-0.2, 0) is 24.1 Å². The quantitative estimate of drug-likeness (QED) is 0.260. The summed E-state index contributed by atoms with van der Waals surface area (Å²) in [7, 11) is 0. The summed E-state index contributed by atoms with van der Waals surface area (Å²) in [4.78, 5) is 18.5. The minimum Gasteiger partial charge on any atom is -0.332 e. The van der Waals surface area contributed by atoms with Crippen molar-refractivity contribution in [2.75, 3.05) is 0 Å². The normalized spacial score (nSPS) is 14.9. The molecule has 0 radical (unpaired) electrons. The second-order valence-electron chi connectivity index (χ2n) is 10.4. The molecular formula is C31H30F6N2O. The van der Waals surface area contributed by atoms with Gasteiger partial charge in [-0.1, -0.05) is 42.5 Å². The highest BCUT2D eigenvalue weighted by atomic mass is 19.4. The third-order valence-corrected chi connectivity index (χ3v) is 7.26. The van der Waals surface area contributed by atoms with Gasteiger partial charge in [-0.3, -0.25) is 9.78 Å². The van der Waals surface area contributed by atoms with Crippen LogP contribution in [-0.4, -0.2) is 22.0 Å². The molecule has 0 bridgehead atoms. The monoisotopic (exact) mass is 560 g/mol. The van der Waals surface area contributed by atoms with Crippen LogP contribution < -0.4 is 0 Å². The van der Waals surface area contributed by atoms with E-state index >= 15 is 0 Å². The van der Waals surface area contributed by atoms with Crippen molar-refractivity contribution in [2.24, 2.45) is 5.92 Å². The van der Waals surface area contributed by atoms with Crippen molar-refractivity contribution in [3.63, 3.8) is 0 Å². The topological polar surface area (TPSA) is 33.2 Å². The average Bonchev–Trinajstić information content (AvgIpc) is 3.72. The van der Waals surface area contributed by atoms with Gasteiger partial charge >= 0.3 is 12.4 Å². The van der Waals surface area contributed by atoms with Gasteiger partial charge in [0.15, 0.2) is 0 Å². The summed E-state index contributed by atoms with van der Waals surface area (Å²) in [5.74, 6) is -2.43. The van der Waals surface area contributed by atoms with E-state index in [4.69, 9.17) is 0 Å². The number of carbonyl (C=O) groups excluding carboxylic acids is 1. The zero-order valence-corrected chi connectivity index (χ0v) is 22.4. The summed E-state index contributed by atoms with van der Waals surface area (Å²) in [5, 5.41) is 0. The number of hydrogen-bond acceptors (Lipinski definition) is 2. The highest BCUT2D eigenvalue weighted by Crippen LogP contribution is 2.39. The van der Waals surface area contributed by atoms with E-state index in [1.54, 1.807) is 38.2 Å². The molecule has 1 atom stereocenters. The smallest absolute Gasteiger partial charge is 0.332 e. The van der Waals surface area contributed by atoms with Crippen molar-refractivity contribution in [3.05, 3.63) is 105 Å². The van der Waals surface area contributed by atoms with Gasteiger partial charge in [0.25, 0.3) is 0 Å². The van der Waals surface area contributed by atoms with Gasteiger partial charge < -0.3 is 4.90 Å². The molecule has 212 valence electrons. The SMILES string of the molecule is Cc1cc(C(/C=C/c2ccc(CN(Cc3ccccn3)C(=O)C3CC3)c(C(F)(F)F)c2)C(F)(F)F)cc(C)c1C. The lowest BCUT2D eigenvalue weighted by Crippen LogP contribution is -2.32. The molecule has 1 fully saturated rings. The van der Waals surface area contributed by atoms with Crippen LogP contribution in [0, 0.1) is 26.7 Å². The number of alkyl halides is 6. The average molecular weight is 561 g/mol. The number of aryl methyl sites for hydroxylation is 2. The van der Waals surface area contributed by atoms with Crippen molar-refractivity contribution in [1.82, 2.24) is 9.88 Å². The second kappa shape index (κ2) is 11.5. The summed E-state index contributed by atoms with van der Waals surface area (Å²) in [6, 6.07) is 11.5. The van der Waals surface area contributed by atoms with Gasteiger partial charge in [0, 0.05) is 18.7 Å². The van der Waals surface area contributed by atoms with Crippen LogP contribution in [0.1, 0.15) is 63.4 Å². The first-order valence-electron chi connectivity index (χ1n) is 13.0. The lowest BCUT2D eigenvalue weighted by atomic mass is 9.91. The summed E-state index contributed by atoms with van der Waals surface area (Å²) >= 11 is 0. The van der Waals surface area contributed by atoms with Gasteiger partial charge in [-0.05, 0) is 85.2 Å². The van der Waals surface area contributed by atoms with Crippen LogP contribution in [0.2, 0.25) is 0 Å².